The molecule has 5 aliphatic rings. The molecule has 8 heteroatoms. The van der Waals surface area contributed by atoms with E-state index in [-0.39, 0.29) is 28.2 Å². The largest absolute Gasteiger partial charge is 0.431 e. The Kier molecular flexibility index (Phi) is 4.82. The van der Waals surface area contributed by atoms with Gasteiger partial charge in [0.2, 0.25) is 0 Å². The van der Waals surface area contributed by atoms with Crippen molar-refractivity contribution in [1.82, 2.24) is 0 Å². The minimum atomic E-state index is -3.91. The highest BCUT2D eigenvalue weighted by atomic mass is 32.3. The van der Waals surface area contributed by atoms with Gasteiger partial charge in [0, 0.05) is 11.5 Å². The van der Waals surface area contributed by atoms with Gasteiger partial charge in [0.25, 0.3) is 0 Å². The zero-order valence-corrected chi connectivity index (χ0v) is 20.4. The van der Waals surface area contributed by atoms with Crippen molar-refractivity contribution in [3.05, 3.63) is 34.4 Å². The molecule has 0 N–H and O–H groups in total. The normalized spacial score (nSPS) is 48.3. The molecule has 1 aromatic heterocycles. The topological polar surface area (TPSA) is 95.3 Å². The van der Waals surface area contributed by atoms with Crippen molar-refractivity contribution in [3.63, 3.8) is 0 Å². The van der Waals surface area contributed by atoms with Crippen molar-refractivity contribution in [2.24, 2.45) is 28.6 Å². The van der Waals surface area contributed by atoms with Crippen LogP contribution in [0.5, 0.6) is 0 Å². The van der Waals surface area contributed by atoms with Crippen LogP contribution in [0.2, 0.25) is 0 Å². The molecule has 0 bridgehead atoms. The van der Waals surface area contributed by atoms with Gasteiger partial charge in [-0.15, -0.1) is 0 Å². The molecule has 1 spiro atoms. The van der Waals surface area contributed by atoms with E-state index in [2.05, 4.69) is 18.0 Å². The SMILES string of the molecule is COS(=O)(=O)OC1CCC2(C)C(CCC3C2CCC2(C)C(c4ccc(=O)oc4)CC4OC432)C1. The van der Waals surface area contributed by atoms with Crippen LogP contribution in [0.3, 0.4) is 0 Å². The van der Waals surface area contributed by atoms with E-state index in [0.717, 1.165) is 57.6 Å². The van der Waals surface area contributed by atoms with E-state index in [0.29, 0.717) is 29.8 Å². The average molecular weight is 479 g/mol. The van der Waals surface area contributed by atoms with E-state index >= 15 is 0 Å². The second-order valence-corrected chi connectivity index (χ2v) is 12.9. The Morgan fingerprint density at radius 3 is 2.58 bits per heavy atom. The van der Waals surface area contributed by atoms with E-state index in [1.807, 2.05) is 6.07 Å². The Labute approximate surface area is 195 Å². The van der Waals surface area contributed by atoms with Gasteiger partial charge in [-0.1, -0.05) is 13.8 Å². The number of fused-ring (bicyclic) bond motifs is 3. The minimum absolute atomic E-state index is 0.0504. The molecule has 1 aromatic rings. The van der Waals surface area contributed by atoms with Crippen LogP contribution >= 0.6 is 0 Å². The first-order chi connectivity index (χ1) is 15.6. The molecular weight excluding hydrogens is 444 g/mol. The van der Waals surface area contributed by atoms with Gasteiger partial charge in [-0.2, -0.15) is 8.42 Å². The summed E-state index contributed by atoms with van der Waals surface area (Å²) in [5.74, 6) is 1.93. The number of hydrogen-bond donors (Lipinski definition) is 0. The molecule has 7 nitrogen and oxygen atoms in total. The maximum atomic E-state index is 11.8. The lowest BCUT2D eigenvalue weighted by Gasteiger charge is -2.61. The first-order valence-electron chi connectivity index (χ1n) is 12.4. The quantitative estimate of drug-likeness (QED) is 0.599. The molecule has 1 aliphatic heterocycles. The van der Waals surface area contributed by atoms with Gasteiger partial charge < -0.3 is 9.15 Å². The zero-order chi connectivity index (χ0) is 23.2. The van der Waals surface area contributed by atoms with Crippen LogP contribution in [-0.2, 0) is 23.5 Å². The highest BCUT2D eigenvalue weighted by Gasteiger charge is 2.80. The Bertz CT molecular complexity index is 1090. The van der Waals surface area contributed by atoms with Crippen LogP contribution in [0.25, 0.3) is 0 Å². The Balaban J connectivity index is 1.25. The third kappa shape index (κ3) is 3.03. The lowest BCUT2D eigenvalue weighted by molar-refractivity contribution is -0.137. The van der Waals surface area contributed by atoms with E-state index in [4.69, 9.17) is 13.3 Å². The lowest BCUT2D eigenvalue weighted by Crippen LogP contribution is -2.58. The molecule has 9 atom stereocenters. The summed E-state index contributed by atoms with van der Waals surface area (Å²) >= 11 is 0. The van der Waals surface area contributed by atoms with Gasteiger partial charge in [0.05, 0.1) is 25.6 Å². The average Bonchev–Trinajstić information content (AvgIpc) is 3.44. The summed E-state index contributed by atoms with van der Waals surface area (Å²) in [6.45, 7) is 4.84. The zero-order valence-electron chi connectivity index (χ0n) is 19.6. The third-order valence-electron chi connectivity index (χ3n) is 10.6. The fourth-order valence-corrected chi connectivity index (χ4v) is 9.60. The number of hydrogen-bond acceptors (Lipinski definition) is 7. The predicted octanol–water partition coefficient (Wildman–Crippen LogP) is 4.17. The van der Waals surface area contributed by atoms with Crippen molar-refractivity contribution in [3.8, 4) is 0 Å². The van der Waals surface area contributed by atoms with E-state index in [1.165, 1.54) is 6.42 Å². The summed E-state index contributed by atoms with van der Waals surface area (Å²) in [5, 5.41) is 0. The smallest absolute Gasteiger partial charge is 0.399 e. The highest BCUT2D eigenvalue weighted by molar-refractivity contribution is 7.81. The molecule has 0 radical (unpaired) electrons. The summed E-state index contributed by atoms with van der Waals surface area (Å²) in [4.78, 5) is 11.5. The van der Waals surface area contributed by atoms with Gasteiger partial charge in [-0.3, -0.25) is 4.18 Å². The summed E-state index contributed by atoms with van der Waals surface area (Å²) in [7, 11) is -2.76. The molecule has 5 fully saturated rings. The van der Waals surface area contributed by atoms with Crippen LogP contribution in [0.4, 0.5) is 0 Å². The predicted molar refractivity (Wildman–Crippen MR) is 120 cm³/mol. The van der Waals surface area contributed by atoms with E-state index in [9.17, 15) is 13.2 Å². The molecule has 1 saturated heterocycles. The van der Waals surface area contributed by atoms with Crippen molar-refractivity contribution >= 4 is 10.4 Å². The third-order valence-corrected chi connectivity index (χ3v) is 11.5. The van der Waals surface area contributed by atoms with Crippen molar-refractivity contribution in [2.75, 3.05) is 7.11 Å². The maximum Gasteiger partial charge on any atom is 0.399 e. The number of rotatable bonds is 4. The number of ether oxygens (including phenoxy) is 1. The Morgan fingerprint density at radius 2 is 1.85 bits per heavy atom. The Hall–Kier alpha value is -1.22. The monoisotopic (exact) mass is 478 g/mol. The van der Waals surface area contributed by atoms with Crippen molar-refractivity contribution in [1.29, 1.82) is 0 Å². The Morgan fingerprint density at radius 1 is 1.03 bits per heavy atom. The van der Waals surface area contributed by atoms with Crippen LogP contribution in [0.1, 0.15) is 76.7 Å². The molecule has 2 heterocycles. The molecule has 33 heavy (non-hydrogen) atoms. The van der Waals surface area contributed by atoms with Gasteiger partial charge >= 0.3 is 16.0 Å². The lowest BCUT2D eigenvalue weighted by atomic mass is 9.44. The van der Waals surface area contributed by atoms with E-state index in [1.54, 1.807) is 12.3 Å². The van der Waals surface area contributed by atoms with Crippen LogP contribution in [-0.4, -0.2) is 33.3 Å². The second-order valence-electron chi connectivity index (χ2n) is 11.6. The summed E-state index contributed by atoms with van der Waals surface area (Å²) in [5.41, 5.74) is 0.990. The molecule has 4 saturated carbocycles. The molecule has 0 amide bonds. The van der Waals surface area contributed by atoms with Crippen molar-refractivity contribution < 1.29 is 25.9 Å². The fraction of sp³-hybridized carbons (Fsp3) is 0.800. The highest BCUT2D eigenvalue weighted by Crippen LogP contribution is 2.78. The molecule has 182 valence electrons. The first kappa shape index (κ1) is 22.3. The van der Waals surface area contributed by atoms with Gasteiger partial charge in [-0.25, -0.2) is 8.98 Å². The molecule has 6 rings (SSSR count). The summed E-state index contributed by atoms with van der Waals surface area (Å²) in [6, 6.07) is 3.48. The molecule has 9 unspecified atom stereocenters. The van der Waals surface area contributed by atoms with Crippen LogP contribution in [0.15, 0.2) is 27.6 Å². The summed E-state index contributed by atoms with van der Waals surface area (Å²) < 4.78 is 45.3. The van der Waals surface area contributed by atoms with E-state index < -0.39 is 10.4 Å². The first-order valence-corrected chi connectivity index (χ1v) is 13.7. The maximum absolute atomic E-state index is 11.8. The minimum Gasteiger partial charge on any atom is -0.431 e. The van der Waals surface area contributed by atoms with Gasteiger partial charge in [-0.05, 0) is 92.1 Å². The summed E-state index contributed by atoms with van der Waals surface area (Å²) in [6.07, 6.45) is 9.66. The van der Waals surface area contributed by atoms with Crippen molar-refractivity contribution in [2.45, 2.75) is 88.9 Å². The van der Waals surface area contributed by atoms with Crippen LogP contribution < -0.4 is 5.63 Å². The molecule has 4 aliphatic carbocycles. The standard InChI is InChI=1S/C25H34O7S/c1-23-10-8-17(32-33(27,28)29-3)12-16(23)5-6-19-18(23)9-11-24(2)20(13-21-25(19,24)31-21)15-4-7-22(26)30-14-15/h4,7,14,16-21H,5-6,8-13H2,1-3H3. The van der Waals surface area contributed by atoms with Gasteiger partial charge in [0.15, 0.2) is 0 Å². The number of epoxide rings is 1. The fourth-order valence-electron chi connectivity index (χ4n) is 9.01. The van der Waals surface area contributed by atoms with Crippen LogP contribution in [0, 0.1) is 28.6 Å². The molecule has 0 aromatic carbocycles. The molecular formula is C25H34O7S. The second kappa shape index (κ2) is 7.15. The van der Waals surface area contributed by atoms with Gasteiger partial charge in [0.1, 0.15) is 5.60 Å².